The van der Waals surface area contributed by atoms with Gasteiger partial charge in [0.25, 0.3) is 5.91 Å². The number of hydrogen-bond donors (Lipinski definition) is 0. The summed E-state index contributed by atoms with van der Waals surface area (Å²) in [5.74, 6) is 1.12. The minimum atomic E-state index is -0.0745. The Morgan fingerprint density at radius 3 is 2.21 bits per heavy atom. The molecule has 0 aliphatic carbocycles. The second kappa shape index (κ2) is 7.24. The van der Waals surface area contributed by atoms with E-state index in [1.54, 1.807) is 44.4 Å². The highest BCUT2D eigenvalue weighted by Gasteiger charge is 2.14. The second-order valence-electron chi connectivity index (χ2n) is 4.40. The van der Waals surface area contributed by atoms with Crippen LogP contribution in [0.3, 0.4) is 0 Å². The van der Waals surface area contributed by atoms with Crippen LogP contribution in [0, 0.1) is 0 Å². The maximum absolute atomic E-state index is 12.3. The smallest absolute Gasteiger partial charge is 0.253 e. The number of benzene rings is 1. The molecule has 0 saturated carbocycles. The van der Waals surface area contributed by atoms with E-state index in [9.17, 15) is 4.79 Å². The Labute approximate surface area is 119 Å². The first kappa shape index (κ1) is 15.6. The third-order valence-electron chi connectivity index (χ3n) is 2.81. The van der Waals surface area contributed by atoms with Crippen molar-refractivity contribution in [1.82, 2.24) is 4.90 Å². The van der Waals surface area contributed by atoms with Crippen molar-refractivity contribution in [3.63, 3.8) is 0 Å². The van der Waals surface area contributed by atoms with Gasteiger partial charge in [0.1, 0.15) is 11.5 Å². The van der Waals surface area contributed by atoms with Crippen molar-refractivity contribution in [2.45, 2.75) is 18.7 Å². The highest BCUT2D eigenvalue weighted by Crippen LogP contribution is 2.23. The van der Waals surface area contributed by atoms with Gasteiger partial charge in [-0.15, -0.1) is 11.6 Å². The lowest BCUT2D eigenvalue weighted by Gasteiger charge is -2.18. The van der Waals surface area contributed by atoms with Crippen molar-refractivity contribution < 1.29 is 14.3 Å². The molecular weight excluding hydrogens is 266 g/mol. The van der Waals surface area contributed by atoms with Gasteiger partial charge in [-0.05, 0) is 25.5 Å². The maximum atomic E-state index is 12.3. The number of carbonyl (C=O) groups is 1. The maximum Gasteiger partial charge on any atom is 0.253 e. The second-order valence-corrected chi connectivity index (χ2v) is 5.14. The Morgan fingerprint density at radius 2 is 1.79 bits per heavy atom. The summed E-state index contributed by atoms with van der Waals surface area (Å²) >= 11 is 5.89. The van der Waals surface area contributed by atoms with Crippen molar-refractivity contribution in [2.75, 3.05) is 27.8 Å². The molecule has 0 N–H and O–H groups in total. The van der Waals surface area contributed by atoms with E-state index < -0.39 is 0 Å². The summed E-state index contributed by atoms with van der Waals surface area (Å²) < 4.78 is 10.3. The first-order valence-corrected chi connectivity index (χ1v) is 6.54. The van der Waals surface area contributed by atoms with Crippen LogP contribution in [0.25, 0.3) is 0 Å². The third kappa shape index (κ3) is 4.63. The number of carbonyl (C=O) groups excluding carboxylic acids is 1. The van der Waals surface area contributed by atoms with Crippen LogP contribution in [0.2, 0.25) is 0 Å². The summed E-state index contributed by atoms with van der Waals surface area (Å²) in [6, 6.07) is 5.13. The number of amides is 1. The highest BCUT2D eigenvalue weighted by molar-refractivity contribution is 6.20. The lowest BCUT2D eigenvalue weighted by Crippen LogP contribution is -2.28. The normalized spacial score (nSPS) is 11.8. The molecule has 0 bridgehead atoms. The van der Waals surface area contributed by atoms with Crippen LogP contribution in [0.4, 0.5) is 0 Å². The van der Waals surface area contributed by atoms with Crippen LogP contribution in [-0.2, 0) is 0 Å². The van der Waals surface area contributed by atoms with E-state index in [0.29, 0.717) is 23.6 Å². The van der Waals surface area contributed by atoms with Gasteiger partial charge in [0, 0.05) is 30.6 Å². The number of nitrogens with zero attached hydrogens (tertiary/aromatic N) is 1. The molecule has 1 aromatic rings. The van der Waals surface area contributed by atoms with Crippen molar-refractivity contribution in [2.24, 2.45) is 0 Å². The molecule has 0 aromatic heterocycles. The summed E-state index contributed by atoms with van der Waals surface area (Å²) in [5, 5.41) is 0.0510. The zero-order valence-corrected chi connectivity index (χ0v) is 12.5. The Kier molecular flexibility index (Phi) is 5.96. The molecule has 106 valence electrons. The number of methoxy groups -OCH3 is 2. The third-order valence-corrected chi connectivity index (χ3v) is 3.03. The van der Waals surface area contributed by atoms with Gasteiger partial charge in [-0.1, -0.05) is 0 Å². The highest BCUT2D eigenvalue weighted by atomic mass is 35.5. The lowest BCUT2D eigenvalue weighted by atomic mass is 10.1. The average Bonchev–Trinajstić information content (AvgIpc) is 2.42. The van der Waals surface area contributed by atoms with Gasteiger partial charge in [-0.2, -0.15) is 0 Å². The molecule has 5 heteroatoms. The van der Waals surface area contributed by atoms with E-state index >= 15 is 0 Å². The van der Waals surface area contributed by atoms with Crippen LogP contribution in [-0.4, -0.2) is 44.0 Å². The molecule has 1 atom stereocenters. The van der Waals surface area contributed by atoms with Gasteiger partial charge in [0.15, 0.2) is 0 Å². The van der Waals surface area contributed by atoms with Crippen LogP contribution in [0.15, 0.2) is 18.2 Å². The number of ether oxygens (including phenoxy) is 2. The monoisotopic (exact) mass is 285 g/mol. The van der Waals surface area contributed by atoms with Gasteiger partial charge < -0.3 is 14.4 Å². The van der Waals surface area contributed by atoms with Gasteiger partial charge >= 0.3 is 0 Å². The van der Waals surface area contributed by atoms with E-state index in [0.717, 1.165) is 6.42 Å². The van der Waals surface area contributed by atoms with Gasteiger partial charge in [0.2, 0.25) is 0 Å². The molecule has 1 rings (SSSR count). The van der Waals surface area contributed by atoms with E-state index in [-0.39, 0.29) is 11.3 Å². The Hall–Kier alpha value is -1.42. The molecule has 4 nitrogen and oxygen atoms in total. The van der Waals surface area contributed by atoms with Crippen LogP contribution in [0.1, 0.15) is 23.7 Å². The summed E-state index contributed by atoms with van der Waals surface area (Å²) in [6.07, 6.45) is 0.755. The Morgan fingerprint density at radius 1 is 1.26 bits per heavy atom. The summed E-state index contributed by atoms with van der Waals surface area (Å²) in [4.78, 5) is 13.9. The fraction of sp³-hybridized carbons (Fsp3) is 0.500. The van der Waals surface area contributed by atoms with Crippen LogP contribution < -0.4 is 9.47 Å². The predicted octanol–water partition coefficient (Wildman–Crippen LogP) is 2.79. The summed E-state index contributed by atoms with van der Waals surface area (Å²) in [7, 11) is 4.87. The fourth-order valence-corrected chi connectivity index (χ4v) is 1.72. The fourth-order valence-electron chi connectivity index (χ4n) is 1.62. The molecule has 1 unspecified atom stereocenters. The van der Waals surface area contributed by atoms with Crippen molar-refractivity contribution in [3.8, 4) is 11.5 Å². The van der Waals surface area contributed by atoms with E-state index in [4.69, 9.17) is 21.1 Å². The minimum absolute atomic E-state index is 0.0510. The quantitative estimate of drug-likeness (QED) is 0.755. The molecule has 1 amide bonds. The topological polar surface area (TPSA) is 38.8 Å². The SMILES string of the molecule is COc1cc(OC)cc(C(=O)N(C)CCC(C)Cl)c1. The Bertz CT molecular complexity index is 412. The molecule has 0 aliphatic rings. The van der Waals surface area contributed by atoms with Crippen molar-refractivity contribution in [3.05, 3.63) is 23.8 Å². The summed E-state index contributed by atoms with van der Waals surface area (Å²) in [5.41, 5.74) is 0.543. The van der Waals surface area contributed by atoms with Crippen molar-refractivity contribution >= 4 is 17.5 Å². The number of rotatable bonds is 6. The average molecular weight is 286 g/mol. The minimum Gasteiger partial charge on any atom is -0.497 e. The molecule has 0 fully saturated rings. The summed E-state index contributed by atoms with van der Waals surface area (Å²) in [6.45, 7) is 2.53. The Balaban J connectivity index is 2.85. The van der Waals surface area contributed by atoms with Gasteiger partial charge in [-0.25, -0.2) is 0 Å². The van der Waals surface area contributed by atoms with Gasteiger partial charge in [0.05, 0.1) is 14.2 Å². The molecule has 0 heterocycles. The molecule has 0 spiro atoms. The molecule has 19 heavy (non-hydrogen) atoms. The largest absolute Gasteiger partial charge is 0.497 e. The zero-order chi connectivity index (χ0) is 14.4. The first-order chi connectivity index (χ1) is 8.97. The van der Waals surface area contributed by atoms with E-state index in [2.05, 4.69) is 0 Å². The number of hydrogen-bond acceptors (Lipinski definition) is 3. The standard InChI is InChI=1S/C14H20ClNO3/c1-10(15)5-6-16(2)14(17)11-7-12(18-3)9-13(8-11)19-4/h7-10H,5-6H2,1-4H3. The van der Waals surface area contributed by atoms with E-state index in [1.165, 1.54) is 0 Å². The number of halogens is 1. The van der Waals surface area contributed by atoms with Gasteiger partial charge in [-0.3, -0.25) is 4.79 Å². The number of alkyl halides is 1. The molecule has 0 aliphatic heterocycles. The van der Waals surface area contributed by atoms with Crippen molar-refractivity contribution in [1.29, 1.82) is 0 Å². The lowest BCUT2D eigenvalue weighted by molar-refractivity contribution is 0.0793. The molecule has 0 radical (unpaired) electrons. The van der Waals surface area contributed by atoms with E-state index in [1.807, 2.05) is 6.92 Å². The predicted molar refractivity (Wildman–Crippen MR) is 76.4 cm³/mol. The van der Waals surface area contributed by atoms with Crippen LogP contribution in [0.5, 0.6) is 11.5 Å². The van der Waals surface area contributed by atoms with Crippen LogP contribution >= 0.6 is 11.6 Å². The first-order valence-electron chi connectivity index (χ1n) is 6.10. The molecular formula is C14H20ClNO3. The molecule has 0 saturated heterocycles. The molecule has 1 aromatic carbocycles. The zero-order valence-electron chi connectivity index (χ0n) is 11.8.